The van der Waals surface area contributed by atoms with Crippen LogP contribution in [-0.4, -0.2) is 15.6 Å². The molecule has 1 heterocycles. The third kappa shape index (κ3) is 2.53. The Morgan fingerprint density at radius 3 is 2.88 bits per heavy atom. The molecule has 1 aromatic heterocycles. The second-order valence-electron chi connectivity index (χ2n) is 3.68. The smallest absolute Gasteiger partial charge is 0.185 e. The summed E-state index contributed by atoms with van der Waals surface area (Å²) in [7, 11) is 1.67. The number of hydrogen-bond donors (Lipinski definition) is 0. The number of benzene rings is 1. The molecule has 0 aliphatic heterocycles. The molecular formula is C12H10ClFN2O. The Morgan fingerprint density at radius 2 is 2.24 bits per heavy atom. The number of Topliss-reactive ketones (excluding diaryl/α,β-unsaturated/α-hetero) is 1. The van der Waals surface area contributed by atoms with Crippen LogP contribution < -0.4 is 0 Å². The van der Waals surface area contributed by atoms with Gasteiger partial charge in [-0.15, -0.1) is 0 Å². The zero-order valence-corrected chi connectivity index (χ0v) is 9.91. The van der Waals surface area contributed by atoms with Gasteiger partial charge >= 0.3 is 0 Å². The van der Waals surface area contributed by atoms with E-state index < -0.39 is 5.82 Å². The highest BCUT2D eigenvalue weighted by molar-refractivity contribution is 6.30. The van der Waals surface area contributed by atoms with Crippen molar-refractivity contribution in [2.24, 2.45) is 7.05 Å². The third-order valence-electron chi connectivity index (χ3n) is 2.47. The van der Waals surface area contributed by atoms with Crippen LogP contribution in [0.3, 0.4) is 0 Å². The lowest BCUT2D eigenvalue weighted by atomic mass is 10.1. The predicted molar refractivity (Wildman–Crippen MR) is 62.7 cm³/mol. The SMILES string of the molecule is Cn1nccc1C(=O)Cc1cc(Cl)ccc1F. The molecule has 0 aliphatic rings. The predicted octanol–water partition coefficient (Wildman–Crippen LogP) is 2.64. The molecule has 0 N–H and O–H groups in total. The van der Waals surface area contributed by atoms with Gasteiger partial charge < -0.3 is 0 Å². The monoisotopic (exact) mass is 252 g/mol. The highest BCUT2D eigenvalue weighted by atomic mass is 35.5. The zero-order valence-electron chi connectivity index (χ0n) is 9.15. The van der Waals surface area contributed by atoms with Crippen molar-refractivity contribution in [2.75, 3.05) is 0 Å². The van der Waals surface area contributed by atoms with E-state index in [0.29, 0.717) is 16.3 Å². The van der Waals surface area contributed by atoms with E-state index in [9.17, 15) is 9.18 Å². The Morgan fingerprint density at radius 1 is 1.47 bits per heavy atom. The summed E-state index contributed by atoms with van der Waals surface area (Å²) >= 11 is 5.76. The topological polar surface area (TPSA) is 34.9 Å². The normalized spacial score (nSPS) is 10.5. The van der Waals surface area contributed by atoms with Gasteiger partial charge in [0.25, 0.3) is 0 Å². The van der Waals surface area contributed by atoms with Crippen molar-refractivity contribution in [3.8, 4) is 0 Å². The Kier molecular flexibility index (Phi) is 3.24. The van der Waals surface area contributed by atoms with E-state index in [2.05, 4.69) is 5.10 Å². The fourth-order valence-electron chi connectivity index (χ4n) is 1.59. The van der Waals surface area contributed by atoms with Crippen LogP contribution in [-0.2, 0) is 13.5 Å². The Labute approximate surface area is 103 Å². The minimum Gasteiger partial charge on any atom is -0.292 e. The molecule has 0 amide bonds. The molecule has 2 aromatic rings. The molecule has 88 valence electrons. The summed E-state index contributed by atoms with van der Waals surface area (Å²) in [5.74, 6) is -0.615. The van der Waals surface area contributed by atoms with Gasteiger partial charge in [-0.2, -0.15) is 5.10 Å². The molecule has 0 bridgehead atoms. The average molecular weight is 253 g/mol. The van der Waals surface area contributed by atoms with Gasteiger partial charge in [-0.3, -0.25) is 9.48 Å². The molecule has 3 nitrogen and oxygen atoms in total. The van der Waals surface area contributed by atoms with E-state index in [0.717, 1.165) is 0 Å². The zero-order chi connectivity index (χ0) is 12.4. The van der Waals surface area contributed by atoms with Crippen LogP contribution in [0.15, 0.2) is 30.5 Å². The first kappa shape index (κ1) is 11.8. The van der Waals surface area contributed by atoms with Crippen LogP contribution in [0.5, 0.6) is 0 Å². The largest absolute Gasteiger partial charge is 0.292 e. The molecule has 17 heavy (non-hydrogen) atoms. The molecule has 0 unspecified atom stereocenters. The number of aryl methyl sites for hydroxylation is 1. The third-order valence-corrected chi connectivity index (χ3v) is 2.70. The number of rotatable bonds is 3. The van der Waals surface area contributed by atoms with Gasteiger partial charge in [0, 0.05) is 24.7 Å². The first-order chi connectivity index (χ1) is 8.08. The molecule has 0 saturated carbocycles. The van der Waals surface area contributed by atoms with Crippen LogP contribution in [0.1, 0.15) is 16.1 Å². The molecule has 0 radical (unpaired) electrons. The summed E-state index contributed by atoms with van der Waals surface area (Å²) in [6.07, 6.45) is 1.51. The van der Waals surface area contributed by atoms with Gasteiger partial charge in [0.15, 0.2) is 5.78 Å². The van der Waals surface area contributed by atoms with E-state index >= 15 is 0 Å². The van der Waals surface area contributed by atoms with E-state index in [1.807, 2.05) is 0 Å². The van der Waals surface area contributed by atoms with Crippen molar-refractivity contribution in [2.45, 2.75) is 6.42 Å². The fourth-order valence-corrected chi connectivity index (χ4v) is 1.78. The lowest BCUT2D eigenvalue weighted by molar-refractivity contribution is 0.0983. The lowest BCUT2D eigenvalue weighted by Crippen LogP contribution is -2.10. The van der Waals surface area contributed by atoms with Crippen LogP contribution in [0.4, 0.5) is 4.39 Å². The molecule has 0 atom stereocenters. The minimum atomic E-state index is -0.426. The molecule has 0 spiro atoms. The first-order valence-corrected chi connectivity index (χ1v) is 5.41. The summed E-state index contributed by atoms with van der Waals surface area (Å²) in [6.45, 7) is 0. The first-order valence-electron chi connectivity index (χ1n) is 5.03. The fraction of sp³-hybridized carbons (Fsp3) is 0.167. The Bertz CT molecular complexity index is 565. The van der Waals surface area contributed by atoms with Gasteiger partial charge in [0.05, 0.1) is 0 Å². The highest BCUT2D eigenvalue weighted by Crippen LogP contribution is 2.16. The Balaban J connectivity index is 2.24. The number of ketones is 1. The number of nitrogens with zero attached hydrogens (tertiary/aromatic N) is 2. The van der Waals surface area contributed by atoms with Crippen molar-refractivity contribution in [3.63, 3.8) is 0 Å². The number of hydrogen-bond acceptors (Lipinski definition) is 2. The minimum absolute atomic E-state index is 0.0219. The molecular weight excluding hydrogens is 243 g/mol. The molecule has 2 rings (SSSR count). The van der Waals surface area contributed by atoms with Crippen LogP contribution in [0, 0.1) is 5.82 Å². The quantitative estimate of drug-likeness (QED) is 0.787. The van der Waals surface area contributed by atoms with Crippen LogP contribution in [0.2, 0.25) is 5.02 Å². The number of halogens is 2. The second-order valence-corrected chi connectivity index (χ2v) is 4.11. The number of carbonyl (C=O) groups is 1. The second kappa shape index (κ2) is 4.67. The maximum absolute atomic E-state index is 13.4. The Hall–Kier alpha value is -1.68. The number of aromatic nitrogens is 2. The van der Waals surface area contributed by atoms with Gasteiger partial charge in [-0.25, -0.2) is 4.39 Å². The average Bonchev–Trinajstić information content (AvgIpc) is 2.70. The summed E-state index contributed by atoms with van der Waals surface area (Å²) < 4.78 is 14.9. The van der Waals surface area contributed by atoms with Crippen molar-refractivity contribution >= 4 is 17.4 Å². The lowest BCUT2D eigenvalue weighted by Gasteiger charge is -2.04. The van der Waals surface area contributed by atoms with E-state index in [1.165, 1.54) is 29.1 Å². The molecule has 1 aromatic carbocycles. The van der Waals surface area contributed by atoms with Crippen molar-refractivity contribution in [3.05, 3.63) is 52.6 Å². The highest BCUT2D eigenvalue weighted by Gasteiger charge is 2.13. The standard InChI is InChI=1S/C12H10ClFN2O/c1-16-11(4-5-15-16)12(17)7-8-6-9(13)2-3-10(8)14/h2-6H,7H2,1H3. The molecule has 5 heteroatoms. The summed E-state index contributed by atoms with van der Waals surface area (Å²) in [5.41, 5.74) is 0.744. The van der Waals surface area contributed by atoms with Crippen LogP contribution >= 0.6 is 11.6 Å². The molecule has 0 aliphatic carbocycles. The van der Waals surface area contributed by atoms with Crippen molar-refractivity contribution in [1.29, 1.82) is 0 Å². The van der Waals surface area contributed by atoms with E-state index in [1.54, 1.807) is 13.1 Å². The van der Waals surface area contributed by atoms with E-state index in [-0.39, 0.29) is 12.2 Å². The van der Waals surface area contributed by atoms with Gasteiger partial charge in [-0.1, -0.05) is 11.6 Å². The van der Waals surface area contributed by atoms with Gasteiger partial charge in [0.1, 0.15) is 11.5 Å². The number of carbonyl (C=O) groups excluding carboxylic acids is 1. The summed E-state index contributed by atoms with van der Waals surface area (Å²) in [4.78, 5) is 11.9. The summed E-state index contributed by atoms with van der Waals surface area (Å²) in [6, 6.07) is 5.78. The van der Waals surface area contributed by atoms with E-state index in [4.69, 9.17) is 11.6 Å². The van der Waals surface area contributed by atoms with Gasteiger partial charge in [0.2, 0.25) is 0 Å². The maximum Gasteiger partial charge on any atom is 0.185 e. The van der Waals surface area contributed by atoms with Gasteiger partial charge in [-0.05, 0) is 29.8 Å². The molecule has 0 fully saturated rings. The van der Waals surface area contributed by atoms with Crippen LogP contribution in [0.25, 0.3) is 0 Å². The maximum atomic E-state index is 13.4. The van der Waals surface area contributed by atoms with Crippen molar-refractivity contribution in [1.82, 2.24) is 9.78 Å². The molecule has 0 saturated heterocycles. The van der Waals surface area contributed by atoms with Crippen molar-refractivity contribution < 1.29 is 9.18 Å². The summed E-state index contributed by atoms with van der Waals surface area (Å²) in [5, 5.41) is 4.31.